The number of hydrogen-bond donors (Lipinski definition) is 0. The van der Waals surface area contributed by atoms with Crippen LogP contribution in [-0.2, 0) is 0 Å². The second-order valence-corrected chi connectivity index (χ2v) is 6.72. The van der Waals surface area contributed by atoms with Crippen LogP contribution in [-0.4, -0.2) is 37.2 Å². The summed E-state index contributed by atoms with van der Waals surface area (Å²) < 4.78 is 1.92. The topological polar surface area (TPSA) is 67.4 Å². The van der Waals surface area contributed by atoms with Gasteiger partial charge in [-0.15, -0.1) is 9.89 Å². The molecular formula is C16H13ClN8. The SMILES string of the molecule is Clc1ncc2n1-c1ccccc1C1=NCN(n3cc(C4CC4)nn3)N12. The number of halogens is 1. The molecule has 1 aromatic carbocycles. The van der Waals surface area contributed by atoms with E-state index in [-0.39, 0.29) is 0 Å². The summed E-state index contributed by atoms with van der Waals surface area (Å²) in [5, 5.41) is 13.0. The lowest BCUT2D eigenvalue weighted by molar-refractivity contribution is 0.544. The number of hydrogen-bond acceptors (Lipinski definition) is 6. The van der Waals surface area contributed by atoms with Crippen molar-refractivity contribution in [1.29, 1.82) is 0 Å². The Morgan fingerprint density at radius 2 is 2.04 bits per heavy atom. The van der Waals surface area contributed by atoms with Crippen molar-refractivity contribution in [3.8, 4) is 5.69 Å². The molecule has 8 nitrogen and oxygen atoms in total. The van der Waals surface area contributed by atoms with Crippen molar-refractivity contribution in [1.82, 2.24) is 24.7 Å². The molecule has 2 aromatic heterocycles. The monoisotopic (exact) mass is 352 g/mol. The van der Waals surface area contributed by atoms with Crippen molar-refractivity contribution in [2.45, 2.75) is 18.8 Å². The Balaban J connectivity index is 1.50. The van der Waals surface area contributed by atoms with Crippen molar-refractivity contribution in [3.63, 3.8) is 0 Å². The maximum atomic E-state index is 6.36. The molecule has 2 aliphatic heterocycles. The highest BCUT2D eigenvalue weighted by Crippen LogP contribution is 2.39. The van der Waals surface area contributed by atoms with Gasteiger partial charge in [-0.1, -0.05) is 12.1 Å². The maximum Gasteiger partial charge on any atom is 0.209 e. The second kappa shape index (κ2) is 4.60. The number of anilines is 1. The standard InChI is InChI=1S/C16H13ClN8/c17-16-18-7-14-24(16)13-4-2-1-3-11(13)15-19-9-23(25(14)15)22-8-12(20-21-22)10-5-6-10/h1-4,7-8,10H,5-6,9H2. The lowest BCUT2D eigenvalue weighted by Gasteiger charge is -2.34. The quantitative estimate of drug-likeness (QED) is 0.706. The fourth-order valence-electron chi connectivity index (χ4n) is 3.45. The van der Waals surface area contributed by atoms with E-state index < -0.39 is 0 Å². The molecule has 124 valence electrons. The van der Waals surface area contributed by atoms with Crippen LogP contribution < -0.4 is 10.1 Å². The van der Waals surface area contributed by atoms with E-state index in [1.165, 1.54) is 12.8 Å². The van der Waals surface area contributed by atoms with E-state index in [4.69, 9.17) is 16.6 Å². The normalized spacial score (nSPS) is 18.0. The van der Waals surface area contributed by atoms with E-state index in [0.717, 1.165) is 28.6 Å². The van der Waals surface area contributed by atoms with Crippen molar-refractivity contribution < 1.29 is 0 Å². The molecule has 25 heavy (non-hydrogen) atoms. The molecule has 0 atom stereocenters. The number of para-hydroxylation sites is 1. The Labute approximate surface area is 147 Å². The summed E-state index contributed by atoms with van der Waals surface area (Å²) in [6, 6.07) is 8.05. The van der Waals surface area contributed by atoms with Gasteiger partial charge in [0.2, 0.25) is 5.28 Å². The Kier molecular flexibility index (Phi) is 2.47. The molecule has 0 unspecified atom stereocenters. The van der Waals surface area contributed by atoms with Gasteiger partial charge >= 0.3 is 0 Å². The molecule has 0 N–H and O–H groups in total. The Bertz CT molecular complexity index is 1030. The molecule has 0 bridgehead atoms. The van der Waals surface area contributed by atoms with Crippen molar-refractivity contribution >= 4 is 23.3 Å². The predicted molar refractivity (Wildman–Crippen MR) is 92.7 cm³/mol. The van der Waals surface area contributed by atoms with Gasteiger partial charge in [-0.2, -0.15) is 10.1 Å². The van der Waals surface area contributed by atoms with Crippen LogP contribution in [0.3, 0.4) is 0 Å². The molecule has 6 rings (SSSR count). The van der Waals surface area contributed by atoms with E-state index in [2.05, 4.69) is 15.3 Å². The highest BCUT2D eigenvalue weighted by atomic mass is 35.5. The molecule has 9 heteroatoms. The third kappa shape index (κ3) is 1.77. The predicted octanol–water partition coefficient (Wildman–Crippen LogP) is 2.09. The minimum absolute atomic E-state index is 0.422. The van der Waals surface area contributed by atoms with Gasteiger partial charge in [0, 0.05) is 11.5 Å². The largest absolute Gasteiger partial charge is 0.267 e. The number of amidine groups is 1. The van der Waals surface area contributed by atoms with Crippen LogP contribution in [0.15, 0.2) is 41.7 Å². The Morgan fingerprint density at radius 3 is 2.92 bits per heavy atom. The average Bonchev–Trinajstić information content (AvgIpc) is 3.06. The summed E-state index contributed by atoms with van der Waals surface area (Å²) in [5.41, 5.74) is 3.03. The lowest BCUT2D eigenvalue weighted by Crippen LogP contribution is -2.51. The van der Waals surface area contributed by atoms with Gasteiger partial charge in [0.25, 0.3) is 0 Å². The van der Waals surface area contributed by atoms with Crippen LogP contribution in [0.1, 0.15) is 30.0 Å². The zero-order valence-electron chi connectivity index (χ0n) is 13.1. The van der Waals surface area contributed by atoms with Crippen molar-refractivity contribution in [3.05, 3.63) is 53.2 Å². The highest BCUT2D eigenvalue weighted by molar-refractivity contribution is 6.29. The first kappa shape index (κ1) is 13.4. The summed E-state index contributed by atoms with van der Waals surface area (Å²) >= 11 is 6.36. The number of nitrogens with zero attached hydrogens (tertiary/aromatic N) is 8. The number of aliphatic imine (C=N–C) groups is 1. The minimum Gasteiger partial charge on any atom is -0.267 e. The van der Waals surface area contributed by atoms with Crippen LogP contribution >= 0.6 is 11.6 Å². The number of imidazole rings is 1. The average molecular weight is 353 g/mol. The van der Waals surface area contributed by atoms with Gasteiger partial charge < -0.3 is 0 Å². The lowest BCUT2D eigenvalue weighted by atomic mass is 10.1. The highest BCUT2D eigenvalue weighted by Gasteiger charge is 2.38. The zero-order valence-corrected chi connectivity index (χ0v) is 13.9. The van der Waals surface area contributed by atoms with E-state index in [1.807, 2.05) is 45.2 Å². The van der Waals surface area contributed by atoms with Crippen molar-refractivity contribution in [2.24, 2.45) is 4.99 Å². The summed E-state index contributed by atoms with van der Waals surface area (Å²) in [5.74, 6) is 2.25. The van der Waals surface area contributed by atoms with Gasteiger partial charge in [0.15, 0.2) is 18.3 Å². The molecule has 0 spiro atoms. The van der Waals surface area contributed by atoms with E-state index in [1.54, 1.807) is 11.0 Å². The molecule has 0 saturated heterocycles. The number of rotatable bonds is 2. The summed E-state index contributed by atoms with van der Waals surface area (Å²) in [6.07, 6.45) is 6.13. The molecular weight excluding hydrogens is 340 g/mol. The van der Waals surface area contributed by atoms with E-state index in [9.17, 15) is 0 Å². The maximum absolute atomic E-state index is 6.36. The molecule has 4 heterocycles. The van der Waals surface area contributed by atoms with Gasteiger partial charge in [-0.25, -0.2) is 9.98 Å². The third-order valence-electron chi connectivity index (χ3n) is 4.81. The third-order valence-corrected chi connectivity index (χ3v) is 5.08. The van der Waals surface area contributed by atoms with Crippen LogP contribution in [0.2, 0.25) is 5.28 Å². The number of benzene rings is 1. The number of hydrazine groups is 1. The molecule has 0 radical (unpaired) electrons. The van der Waals surface area contributed by atoms with Crippen LogP contribution in [0.5, 0.6) is 0 Å². The summed E-state index contributed by atoms with van der Waals surface area (Å²) in [6.45, 7) is 0.458. The Hall–Kier alpha value is -2.87. The van der Waals surface area contributed by atoms with Gasteiger partial charge in [-0.05, 0) is 41.8 Å². The van der Waals surface area contributed by atoms with E-state index >= 15 is 0 Å². The molecule has 3 aliphatic rings. The number of fused-ring (bicyclic) bond motifs is 6. The van der Waals surface area contributed by atoms with Gasteiger partial charge in [-0.3, -0.25) is 4.57 Å². The molecule has 1 fully saturated rings. The second-order valence-electron chi connectivity index (χ2n) is 6.38. The first-order valence-corrected chi connectivity index (χ1v) is 8.56. The molecule has 3 aromatic rings. The molecule has 1 saturated carbocycles. The molecule has 0 amide bonds. The minimum atomic E-state index is 0.422. The van der Waals surface area contributed by atoms with Gasteiger partial charge in [0.05, 0.1) is 23.8 Å². The fourth-order valence-corrected chi connectivity index (χ4v) is 3.68. The van der Waals surface area contributed by atoms with Crippen LogP contribution in [0.4, 0.5) is 5.82 Å². The van der Waals surface area contributed by atoms with Crippen molar-refractivity contribution in [2.75, 3.05) is 16.8 Å². The summed E-state index contributed by atoms with van der Waals surface area (Å²) in [4.78, 5) is 10.8. The zero-order chi connectivity index (χ0) is 16.5. The smallest absolute Gasteiger partial charge is 0.209 e. The van der Waals surface area contributed by atoms with Crippen LogP contribution in [0, 0.1) is 0 Å². The van der Waals surface area contributed by atoms with Gasteiger partial charge in [0.1, 0.15) is 0 Å². The van der Waals surface area contributed by atoms with Crippen LogP contribution in [0.25, 0.3) is 5.69 Å². The summed E-state index contributed by atoms with van der Waals surface area (Å²) in [7, 11) is 0. The first-order valence-electron chi connectivity index (χ1n) is 8.19. The number of aromatic nitrogens is 5. The van der Waals surface area contributed by atoms with E-state index in [0.29, 0.717) is 17.9 Å². The fraction of sp³-hybridized carbons (Fsp3) is 0.250. The first-order chi connectivity index (χ1) is 12.3. The Morgan fingerprint density at radius 1 is 1.16 bits per heavy atom. The molecule has 1 aliphatic carbocycles.